The van der Waals surface area contributed by atoms with Gasteiger partial charge in [0.1, 0.15) is 30.0 Å². The number of fused-ring (bicyclic) bond motifs is 2. The summed E-state index contributed by atoms with van der Waals surface area (Å²) in [4.78, 5) is 25.7. The molecule has 2 fully saturated rings. The number of piperazine rings is 1. The van der Waals surface area contributed by atoms with Crippen LogP contribution in [0.5, 0.6) is 11.5 Å². The van der Waals surface area contributed by atoms with Crippen LogP contribution >= 0.6 is 0 Å². The van der Waals surface area contributed by atoms with Crippen LogP contribution in [0.25, 0.3) is 5.65 Å². The second-order valence-corrected chi connectivity index (χ2v) is 16.5. The van der Waals surface area contributed by atoms with Gasteiger partial charge in [-0.2, -0.15) is 0 Å². The number of carbonyl (C=O) groups excluding carboxylic acids is 1. The molecule has 298 valence electrons. The molecular weight excluding hydrogens is 705 g/mol. The molecule has 0 saturated carbocycles. The van der Waals surface area contributed by atoms with Crippen molar-refractivity contribution < 1.29 is 14.3 Å². The molecule has 3 atom stereocenters. The molecule has 3 unspecified atom stereocenters. The van der Waals surface area contributed by atoms with Crippen LogP contribution in [0.3, 0.4) is 0 Å². The molecule has 0 radical (unpaired) electrons. The van der Waals surface area contributed by atoms with Crippen LogP contribution in [0, 0.1) is 10.8 Å². The molecule has 0 bridgehead atoms. The lowest BCUT2D eigenvalue weighted by Gasteiger charge is -2.33. The van der Waals surface area contributed by atoms with Gasteiger partial charge >= 0.3 is 6.03 Å². The number of nitrogens with zero attached hydrogens (tertiary/aromatic N) is 7. The number of nitrogens with one attached hydrogen (secondary N) is 3. The summed E-state index contributed by atoms with van der Waals surface area (Å²) in [6.07, 6.45) is 6.97. The molecule has 7 rings (SSSR count). The fraction of sp³-hybridized carbons (Fsp3) is 0.512. The summed E-state index contributed by atoms with van der Waals surface area (Å²) in [6, 6.07) is 19.5. The van der Waals surface area contributed by atoms with E-state index in [-0.39, 0.29) is 30.0 Å². The molecule has 1 aliphatic carbocycles. The Morgan fingerprint density at radius 1 is 0.929 bits per heavy atom. The summed E-state index contributed by atoms with van der Waals surface area (Å²) in [5.41, 5.74) is 3.62. The number of ether oxygens (including phenoxy) is 2. The van der Waals surface area contributed by atoms with Crippen molar-refractivity contribution in [1.82, 2.24) is 35.0 Å². The lowest BCUT2D eigenvalue weighted by atomic mass is 9.85. The largest absolute Gasteiger partial charge is 0.492 e. The number of pyridine rings is 1. The van der Waals surface area contributed by atoms with Gasteiger partial charge in [0.15, 0.2) is 5.65 Å². The smallest absolute Gasteiger partial charge is 0.320 e. The molecule has 3 aliphatic rings. The van der Waals surface area contributed by atoms with Crippen LogP contribution in [0.4, 0.5) is 16.4 Å². The predicted octanol–water partition coefficient (Wildman–Crippen LogP) is 7.17. The number of aliphatic imine (C=N–C) groups is 1. The van der Waals surface area contributed by atoms with Crippen molar-refractivity contribution in [1.29, 1.82) is 5.41 Å². The molecule has 56 heavy (non-hydrogen) atoms. The number of anilines is 1. The highest BCUT2D eigenvalue weighted by atomic mass is 16.5. The molecule has 4 aromatic rings. The van der Waals surface area contributed by atoms with Crippen LogP contribution < -0.4 is 25.0 Å². The highest BCUT2D eigenvalue weighted by Gasteiger charge is 2.31. The topological polar surface area (TPSA) is 136 Å². The van der Waals surface area contributed by atoms with E-state index in [0.29, 0.717) is 36.3 Å². The van der Waals surface area contributed by atoms with E-state index < -0.39 is 0 Å². The maximum absolute atomic E-state index is 13.7. The Bertz CT molecular complexity index is 2010. The quantitative estimate of drug-likeness (QED) is 0.108. The van der Waals surface area contributed by atoms with Gasteiger partial charge in [-0.15, -0.1) is 10.2 Å². The molecule has 2 aromatic carbocycles. The third-order valence-corrected chi connectivity index (χ3v) is 11.3. The lowest BCUT2D eigenvalue weighted by Crippen LogP contribution is -2.45. The van der Waals surface area contributed by atoms with Crippen LogP contribution in [0.15, 0.2) is 71.9 Å². The fourth-order valence-corrected chi connectivity index (χ4v) is 7.74. The van der Waals surface area contributed by atoms with Gasteiger partial charge in [0, 0.05) is 63.5 Å². The standard InChI is InChI=1S/C43H58N10O3/c1-30-11-8-9-20-52(30)42-49-48-40-19-16-33(29-53(40)42)56-37-18-17-36(34-14-6-7-15-35(34)37)46-41(54)47-39(28-38(44)43(2,3)4)45-31-12-10-13-32(27-31)55-26-25-51-23-21-50(5)22-24-51/h6-7,10,12-16,19,27,29-30,36-37,44H,8-9,11,17-18,20-26,28H2,1-5H3,(H2,45,46,47,54). The minimum absolute atomic E-state index is 0.181. The number of hydrogen-bond acceptors (Lipinski definition) is 10. The van der Waals surface area contributed by atoms with E-state index >= 15 is 0 Å². The minimum atomic E-state index is -0.378. The maximum Gasteiger partial charge on any atom is 0.320 e. The van der Waals surface area contributed by atoms with E-state index in [9.17, 15) is 4.79 Å². The number of urea groups is 1. The monoisotopic (exact) mass is 762 g/mol. The zero-order valence-corrected chi connectivity index (χ0v) is 33.6. The van der Waals surface area contributed by atoms with Crippen molar-refractivity contribution in [3.63, 3.8) is 0 Å². The number of amides is 2. The number of piperidine rings is 1. The molecule has 2 aromatic heterocycles. The lowest BCUT2D eigenvalue weighted by molar-refractivity contribution is 0.134. The number of likely N-dealkylation sites (N-methyl/N-ethyl adjacent to an activating group) is 1. The van der Waals surface area contributed by atoms with Crippen molar-refractivity contribution in [3.8, 4) is 11.5 Å². The van der Waals surface area contributed by atoms with Crippen molar-refractivity contribution in [2.75, 3.05) is 57.8 Å². The van der Waals surface area contributed by atoms with Gasteiger partial charge in [0.05, 0.1) is 17.9 Å². The maximum atomic E-state index is 13.7. The van der Waals surface area contributed by atoms with E-state index in [1.54, 1.807) is 0 Å². The zero-order chi connectivity index (χ0) is 39.2. The first-order valence-electron chi connectivity index (χ1n) is 20.2. The van der Waals surface area contributed by atoms with E-state index in [1.807, 2.05) is 79.9 Å². The molecule has 2 amide bonds. The molecule has 0 spiro atoms. The SMILES string of the molecule is CC1CCCCN1c1nnc2ccc(OC3CCC(NC(=O)NC(CC(=N)C(C)(C)C)=Nc4cccc(OCCN5CCN(C)CC5)c4)c4ccccc43)cn12. The van der Waals surface area contributed by atoms with E-state index in [1.165, 1.54) is 6.42 Å². The Hall–Kier alpha value is -5.01. The van der Waals surface area contributed by atoms with Crippen LogP contribution in [0.1, 0.15) is 89.5 Å². The number of amidine groups is 1. The molecule has 2 saturated heterocycles. The first-order chi connectivity index (χ1) is 27.0. The Morgan fingerprint density at radius 3 is 2.52 bits per heavy atom. The summed E-state index contributed by atoms with van der Waals surface area (Å²) < 4.78 is 14.8. The minimum Gasteiger partial charge on any atom is -0.492 e. The first kappa shape index (κ1) is 39.2. The van der Waals surface area contributed by atoms with Gasteiger partial charge in [-0.05, 0) is 86.9 Å². The zero-order valence-electron chi connectivity index (χ0n) is 33.6. The number of hydrogen-bond donors (Lipinski definition) is 3. The van der Waals surface area contributed by atoms with Crippen molar-refractivity contribution in [2.24, 2.45) is 10.4 Å². The fourth-order valence-electron chi connectivity index (χ4n) is 7.74. The second kappa shape index (κ2) is 17.4. The highest BCUT2D eigenvalue weighted by molar-refractivity contribution is 6.09. The van der Waals surface area contributed by atoms with Gasteiger partial charge in [-0.3, -0.25) is 14.6 Å². The number of rotatable bonds is 11. The average Bonchev–Trinajstić information content (AvgIpc) is 3.59. The van der Waals surface area contributed by atoms with Gasteiger partial charge in [0.25, 0.3) is 0 Å². The molecule has 13 nitrogen and oxygen atoms in total. The van der Waals surface area contributed by atoms with Gasteiger partial charge in [-0.25, -0.2) is 9.79 Å². The first-order valence-corrected chi connectivity index (χ1v) is 20.2. The van der Waals surface area contributed by atoms with Crippen LogP contribution in [0.2, 0.25) is 0 Å². The predicted molar refractivity (Wildman–Crippen MR) is 222 cm³/mol. The molecule has 3 N–H and O–H groups in total. The summed E-state index contributed by atoms with van der Waals surface area (Å²) in [6.45, 7) is 14.9. The summed E-state index contributed by atoms with van der Waals surface area (Å²) in [7, 11) is 2.16. The normalized spacial score (nSPS) is 21.1. The average molecular weight is 763 g/mol. The van der Waals surface area contributed by atoms with Crippen LogP contribution in [-0.2, 0) is 0 Å². The van der Waals surface area contributed by atoms with Gasteiger partial charge in [0.2, 0.25) is 5.95 Å². The number of benzene rings is 2. The second-order valence-electron chi connectivity index (χ2n) is 16.5. The molecule has 2 aliphatic heterocycles. The summed E-state index contributed by atoms with van der Waals surface area (Å²) in [5.74, 6) is 2.74. The Kier molecular flexibility index (Phi) is 12.2. The van der Waals surface area contributed by atoms with E-state index in [0.717, 1.165) is 92.8 Å². The third-order valence-electron chi connectivity index (χ3n) is 11.3. The van der Waals surface area contributed by atoms with Crippen LogP contribution in [-0.4, -0.2) is 101 Å². The van der Waals surface area contributed by atoms with Gasteiger partial charge < -0.3 is 30.0 Å². The Morgan fingerprint density at radius 2 is 1.73 bits per heavy atom. The van der Waals surface area contributed by atoms with Crippen molar-refractivity contribution in [2.45, 2.75) is 84.4 Å². The molecule has 13 heteroatoms. The van der Waals surface area contributed by atoms with E-state index in [4.69, 9.17) is 19.9 Å². The number of aromatic nitrogens is 3. The molecule has 4 heterocycles. The highest BCUT2D eigenvalue weighted by Crippen LogP contribution is 2.39. The summed E-state index contributed by atoms with van der Waals surface area (Å²) in [5, 5.41) is 24.0. The third kappa shape index (κ3) is 9.67. The Balaban J connectivity index is 1.02. The van der Waals surface area contributed by atoms with Crippen molar-refractivity contribution in [3.05, 3.63) is 78.0 Å². The summed E-state index contributed by atoms with van der Waals surface area (Å²) >= 11 is 0. The van der Waals surface area contributed by atoms with Gasteiger partial charge in [-0.1, -0.05) is 51.1 Å². The van der Waals surface area contributed by atoms with Crippen molar-refractivity contribution >= 4 is 34.9 Å². The number of carbonyl (C=O) groups is 1. The Labute approximate surface area is 331 Å². The molecular formula is C43H58N10O3. The van der Waals surface area contributed by atoms with E-state index in [2.05, 4.69) is 61.6 Å².